The second-order valence-electron chi connectivity index (χ2n) is 5.90. The molecule has 0 fully saturated rings. The molecule has 1 heterocycles. The van der Waals surface area contributed by atoms with Gasteiger partial charge in [0.15, 0.2) is 0 Å². The zero-order valence-corrected chi connectivity index (χ0v) is 16.0. The minimum Gasteiger partial charge on any atom is -0.334 e. The van der Waals surface area contributed by atoms with Gasteiger partial charge in [0.2, 0.25) is 0 Å². The number of aromatic nitrogens is 1. The highest BCUT2D eigenvalue weighted by Gasteiger charge is 2.31. The highest BCUT2D eigenvalue weighted by Crippen LogP contribution is 2.36. The molecule has 0 aliphatic rings. The number of alkyl halides is 3. The lowest BCUT2D eigenvalue weighted by Crippen LogP contribution is -2.28. The number of nitrogens with one attached hydrogen (secondary N) is 2. The Bertz CT molecular complexity index is 978. The first-order valence-electron chi connectivity index (χ1n) is 8.24. The van der Waals surface area contributed by atoms with Crippen LogP contribution in [0.1, 0.15) is 11.1 Å². The number of amides is 2. The fourth-order valence-electron chi connectivity index (χ4n) is 2.62. The summed E-state index contributed by atoms with van der Waals surface area (Å²) in [5.74, 6) is 0. The van der Waals surface area contributed by atoms with E-state index in [1.54, 1.807) is 42.6 Å². The van der Waals surface area contributed by atoms with E-state index in [9.17, 15) is 18.0 Å². The molecule has 4 nitrogen and oxygen atoms in total. The highest BCUT2D eigenvalue weighted by atomic mass is 79.9. The van der Waals surface area contributed by atoms with Gasteiger partial charge in [0, 0.05) is 17.2 Å². The van der Waals surface area contributed by atoms with Gasteiger partial charge in [-0.2, -0.15) is 13.2 Å². The topological polar surface area (TPSA) is 54.0 Å². The average molecular weight is 450 g/mol. The van der Waals surface area contributed by atoms with Crippen molar-refractivity contribution in [2.75, 3.05) is 5.32 Å². The Morgan fingerprint density at radius 2 is 1.82 bits per heavy atom. The molecule has 0 saturated heterocycles. The lowest BCUT2D eigenvalue weighted by molar-refractivity contribution is -0.137. The lowest BCUT2D eigenvalue weighted by Gasteiger charge is -2.16. The highest BCUT2D eigenvalue weighted by molar-refractivity contribution is 9.10. The molecule has 3 aromatic rings. The van der Waals surface area contributed by atoms with E-state index in [2.05, 4.69) is 31.5 Å². The number of benzene rings is 2. The summed E-state index contributed by atoms with van der Waals surface area (Å²) in [5.41, 5.74) is 1.32. The smallest absolute Gasteiger partial charge is 0.334 e. The van der Waals surface area contributed by atoms with Crippen LogP contribution in [-0.4, -0.2) is 11.0 Å². The number of hydrogen-bond donors (Lipinski definition) is 2. The normalized spacial score (nSPS) is 11.1. The molecule has 0 unspecified atom stereocenters. The number of hydrogen-bond acceptors (Lipinski definition) is 2. The first-order valence-corrected chi connectivity index (χ1v) is 9.04. The first-order chi connectivity index (χ1) is 13.3. The van der Waals surface area contributed by atoms with E-state index in [0.717, 1.165) is 12.1 Å². The Morgan fingerprint density at radius 1 is 1.04 bits per heavy atom. The molecular weight excluding hydrogens is 435 g/mol. The van der Waals surface area contributed by atoms with E-state index in [0.29, 0.717) is 26.9 Å². The summed E-state index contributed by atoms with van der Waals surface area (Å²) in [5, 5.41) is 5.28. The second-order valence-corrected chi connectivity index (χ2v) is 6.75. The van der Waals surface area contributed by atoms with Gasteiger partial charge in [0.25, 0.3) is 0 Å². The molecule has 0 atom stereocenters. The van der Waals surface area contributed by atoms with Gasteiger partial charge < -0.3 is 10.6 Å². The van der Waals surface area contributed by atoms with Crippen LogP contribution in [0.4, 0.5) is 23.7 Å². The minimum atomic E-state index is -4.46. The van der Waals surface area contributed by atoms with Crippen LogP contribution in [0.25, 0.3) is 11.1 Å². The number of urea groups is 1. The van der Waals surface area contributed by atoms with Crippen molar-refractivity contribution in [3.8, 4) is 11.1 Å². The molecular formula is C20H15BrF3N3O. The Labute approximate surface area is 167 Å². The third-order valence-corrected chi connectivity index (χ3v) is 4.65. The molecule has 2 aromatic carbocycles. The molecule has 0 aliphatic heterocycles. The molecule has 0 radical (unpaired) electrons. The summed E-state index contributed by atoms with van der Waals surface area (Å²) >= 11 is 3.38. The fraction of sp³-hybridized carbons (Fsp3) is 0.100. The predicted molar refractivity (Wildman–Crippen MR) is 105 cm³/mol. The Morgan fingerprint density at radius 3 is 2.50 bits per heavy atom. The van der Waals surface area contributed by atoms with E-state index in [-0.39, 0.29) is 6.54 Å². The van der Waals surface area contributed by atoms with Gasteiger partial charge in [0.1, 0.15) is 0 Å². The van der Waals surface area contributed by atoms with Crippen LogP contribution in [0.15, 0.2) is 71.5 Å². The second kappa shape index (κ2) is 8.43. The summed E-state index contributed by atoms with van der Waals surface area (Å²) in [7, 11) is 0. The van der Waals surface area contributed by atoms with Crippen LogP contribution in [0.5, 0.6) is 0 Å². The number of nitrogens with zero attached hydrogens (tertiary/aromatic N) is 1. The van der Waals surface area contributed by atoms with Crippen LogP contribution in [0.2, 0.25) is 0 Å². The standard InChI is InChI=1S/C20H15BrF3N3O/c21-18-6-2-1-5-16(18)17-10-14(20(22,23)24)8-7-13(17)11-26-19(28)27-15-4-3-9-25-12-15/h1-10,12H,11H2,(H2,26,27,28). The van der Waals surface area contributed by atoms with Gasteiger partial charge in [-0.25, -0.2) is 4.79 Å². The Kier molecular flexibility index (Phi) is 5.99. The molecule has 1 aromatic heterocycles. The summed E-state index contributed by atoms with van der Waals surface area (Å²) in [6, 6.07) is 13.3. The summed E-state index contributed by atoms with van der Waals surface area (Å²) in [6.45, 7) is 0.0564. The molecule has 0 bridgehead atoms. The van der Waals surface area contributed by atoms with Crippen molar-refractivity contribution >= 4 is 27.6 Å². The Hall–Kier alpha value is -2.87. The molecule has 2 amide bonds. The van der Waals surface area contributed by atoms with Gasteiger partial charge in [-0.3, -0.25) is 4.98 Å². The monoisotopic (exact) mass is 449 g/mol. The quantitative estimate of drug-likeness (QED) is 0.524. The van der Waals surface area contributed by atoms with Gasteiger partial charge in [-0.1, -0.05) is 40.2 Å². The maximum Gasteiger partial charge on any atom is 0.416 e. The zero-order valence-electron chi connectivity index (χ0n) is 14.4. The van der Waals surface area contributed by atoms with E-state index in [1.165, 1.54) is 12.3 Å². The van der Waals surface area contributed by atoms with Crippen molar-refractivity contribution in [2.24, 2.45) is 0 Å². The molecule has 2 N–H and O–H groups in total. The molecule has 8 heteroatoms. The van der Waals surface area contributed by atoms with Crippen molar-refractivity contribution in [3.05, 3.63) is 82.6 Å². The van der Waals surface area contributed by atoms with Crippen molar-refractivity contribution in [3.63, 3.8) is 0 Å². The number of carbonyl (C=O) groups is 1. The van der Waals surface area contributed by atoms with Crippen molar-refractivity contribution in [2.45, 2.75) is 12.7 Å². The van der Waals surface area contributed by atoms with Gasteiger partial charge >= 0.3 is 12.2 Å². The summed E-state index contributed by atoms with van der Waals surface area (Å²) < 4.78 is 40.2. The maximum absolute atomic E-state index is 13.2. The zero-order chi connectivity index (χ0) is 20.1. The van der Waals surface area contributed by atoms with E-state index < -0.39 is 17.8 Å². The van der Waals surface area contributed by atoms with Crippen molar-refractivity contribution in [1.29, 1.82) is 0 Å². The largest absolute Gasteiger partial charge is 0.416 e. The van der Waals surface area contributed by atoms with Crippen LogP contribution >= 0.6 is 15.9 Å². The van der Waals surface area contributed by atoms with Gasteiger partial charge in [0.05, 0.1) is 17.4 Å². The number of halogens is 4. The number of anilines is 1. The third-order valence-electron chi connectivity index (χ3n) is 3.96. The van der Waals surface area contributed by atoms with Crippen LogP contribution in [0, 0.1) is 0 Å². The molecule has 28 heavy (non-hydrogen) atoms. The third kappa shape index (κ3) is 4.89. The molecule has 144 valence electrons. The average Bonchev–Trinajstić information content (AvgIpc) is 2.67. The molecule has 3 rings (SSSR count). The van der Waals surface area contributed by atoms with Crippen molar-refractivity contribution < 1.29 is 18.0 Å². The number of rotatable bonds is 4. The fourth-order valence-corrected chi connectivity index (χ4v) is 3.12. The Balaban J connectivity index is 1.86. The maximum atomic E-state index is 13.2. The number of carbonyl (C=O) groups excluding carboxylic acids is 1. The van der Waals surface area contributed by atoms with E-state index in [4.69, 9.17) is 0 Å². The minimum absolute atomic E-state index is 0.0564. The van der Waals surface area contributed by atoms with E-state index in [1.807, 2.05) is 0 Å². The van der Waals surface area contributed by atoms with Gasteiger partial charge in [-0.05, 0) is 47.0 Å². The molecule has 0 spiro atoms. The van der Waals surface area contributed by atoms with Crippen LogP contribution in [-0.2, 0) is 12.7 Å². The lowest BCUT2D eigenvalue weighted by atomic mass is 9.97. The van der Waals surface area contributed by atoms with Crippen LogP contribution < -0.4 is 10.6 Å². The predicted octanol–water partition coefficient (Wildman–Crippen LogP) is 5.85. The van der Waals surface area contributed by atoms with Crippen LogP contribution in [0.3, 0.4) is 0 Å². The molecule has 0 aliphatic carbocycles. The number of pyridine rings is 1. The SMILES string of the molecule is O=C(NCc1ccc(C(F)(F)F)cc1-c1ccccc1Br)Nc1cccnc1. The summed E-state index contributed by atoms with van der Waals surface area (Å²) in [4.78, 5) is 16.0. The summed E-state index contributed by atoms with van der Waals surface area (Å²) in [6.07, 6.45) is -1.39. The van der Waals surface area contributed by atoms with Crippen molar-refractivity contribution in [1.82, 2.24) is 10.3 Å². The van der Waals surface area contributed by atoms with E-state index >= 15 is 0 Å². The first kappa shape index (κ1) is 19.9. The van der Waals surface area contributed by atoms with Gasteiger partial charge in [-0.15, -0.1) is 0 Å². The molecule has 0 saturated carbocycles.